The molecule has 1 aliphatic heterocycles. The van der Waals surface area contributed by atoms with Crippen LogP contribution in [-0.2, 0) is 25.6 Å². The first-order valence-corrected chi connectivity index (χ1v) is 7.46. The Hall–Kier alpha value is -1.51. The Morgan fingerprint density at radius 2 is 2.00 bits per heavy atom. The molecular formula is C16H23NO6. The fourth-order valence-electron chi connectivity index (χ4n) is 2.70. The number of benzene rings is 1. The van der Waals surface area contributed by atoms with E-state index in [9.17, 15) is 15.0 Å². The quantitative estimate of drug-likeness (QED) is 0.670. The van der Waals surface area contributed by atoms with E-state index < -0.39 is 30.6 Å². The maximum atomic E-state index is 11.3. The van der Waals surface area contributed by atoms with Gasteiger partial charge in [0.1, 0.15) is 24.4 Å². The maximum Gasteiger partial charge on any atom is 0.217 e. The van der Waals surface area contributed by atoms with E-state index in [0.29, 0.717) is 6.61 Å². The summed E-state index contributed by atoms with van der Waals surface area (Å²) in [7, 11) is 1.46. The van der Waals surface area contributed by atoms with Crippen LogP contribution in [0.5, 0.6) is 0 Å². The minimum absolute atomic E-state index is 0.300. The van der Waals surface area contributed by atoms with Crippen molar-refractivity contribution in [1.82, 2.24) is 5.32 Å². The number of carbonyl (C=O) groups is 1. The fraction of sp³-hybridized carbons (Fsp3) is 0.562. The molecule has 0 unspecified atom stereocenters. The molecule has 1 aliphatic rings. The van der Waals surface area contributed by atoms with Crippen LogP contribution in [0.25, 0.3) is 0 Å². The predicted molar refractivity (Wildman–Crippen MR) is 81.4 cm³/mol. The van der Waals surface area contributed by atoms with Crippen LogP contribution in [0.3, 0.4) is 0 Å². The third kappa shape index (κ3) is 4.49. The highest BCUT2D eigenvalue weighted by Gasteiger charge is 2.46. The second-order valence-corrected chi connectivity index (χ2v) is 5.44. The third-order valence-electron chi connectivity index (χ3n) is 3.77. The van der Waals surface area contributed by atoms with Crippen LogP contribution in [0.15, 0.2) is 30.3 Å². The van der Waals surface area contributed by atoms with Crippen LogP contribution in [0.4, 0.5) is 0 Å². The Morgan fingerprint density at radius 1 is 1.30 bits per heavy atom. The number of amides is 1. The molecule has 0 bridgehead atoms. The summed E-state index contributed by atoms with van der Waals surface area (Å²) in [6.45, 7) is 1.31. The Morgan fingerprint density at radius 3 is 2.57 bits per heavy atom. The van der Waals surface area contributed by atoms with E-state index in [2.05, 4.69) is 5.32 Å². The van der Waals surface area contributed by atoms with Crippen molar-refractivity contribution in [1.29, 1.82) is 0 Å². The van der Waals surface area contributed by atoms with Gasteiger partial charge >= 0.3 is 0 Å². The summed E-state index contributed by atoms with van der Waals surface area (Å²) in [6, 6.07) is 8.76. The van der Waals surface area contributed by atoms with Gasteiger partial charge in [0.2, 0.25) is 5.91 Å². The van der Waals surface area contributed by atoms with Crippen molar-refractivity contribution in [2.24, 2.45) is 0 Å². The van der Waals surface area contributed by atoms with Crippen LogP contribution in [0.2, 0.25) is 0 Å². The predicted octanol–water partition coefficient (Wildman–Crippen LogP) is -0.199. The van der Waals surface area contributed by atoms with Gasteiger partial charge in [0.25, 0.3) is 0 Å². The van der Waals surface area contributed by atoms with E-state index in [1.165, 1.54) is 14.0 Å². The highest BCUT2D eigenvalue weighted by Crippen LogP contribution is 2.25. The van der Waals surface area contributed by atoms with Gasteiger partial charge in [0.05, 0.1) is 13.2 Å². The number of nitrogens with one attached hydrogen (secondary N) is 1. The fourth-order valence-corrected chi connectivity index (χ4v) is 2.70. The molecule has 1 amide bonds. The Bertz CT molecular complexity index is 497. The highest BCUT2D eigenvalue weighted by molar-refractivity contribution is 5.73. The van der Waals surface area contributed by atoms with Crippen molar-refractivity contribution in [2.75, 3.05) is 13.7 Å². The molecule has 1 heterocycles. The van der Waals surface area contributed by atoms with Crippen molar-refractivity contribution in [3.05, 3.63) is 35.9 Å². The number of hydrogen-bond acceptors (Lipinski definition) is 6. The zero-order valence-corrected chi connectivity index (χ0v) is 13.2. The first kappa shape index (κ1) is 17.8. The smallest absolute Gasteiger partial charge is 0.217 e. The van der Waals surface area contributed by atoms with Gasteiger partial charge in [0, 0.05) is 14.0 Å². The summed E-state index contributed by atoms with van der Waals surface area (Å²) in [5, 5.41) is 22.1. The molecule has 2 rings (SSSR count). The molecule has 23 heavy (non-hydrogen) atoms. The van der Waals surface area contributed by atoms with E-state index >= 15 is 0 Å². The van der Waals surface area contributed by atoms with E-state index in [1.807, 2.05) is 30.3 Å². The van der Waals surface area contributed by atoms with Crippen molar-refractivity contribution in [2.45, 2.75) is 44.2 Å². The van der Waals surface area contributed by atoms with E-state index in [4.69, 9.17) is 14.2 Å². The third-order valence-corrected chi connectivity index (χ3v) is 3.77. The molecule has 3 N–H and O–H groups in total. The molecule has 0 saturated carbocycles. The van der Waals surface area contributed by atoms with Crippen molar-refractivity contribution < 1.29 is 29.2 Å². The zero-order chi connectivity index (χ0) is 16.8. The lowest BCUT2D eigenvalue weighted by atomic mass is 9.96. The van der Waals surface area contributed by atoms with E-state index in [0.717, 1.165) is 5.56 Å². The number of aliphatic hydroxyl groups is 2. The Kier molecular flexibility index (Phi) is 6.49. The number of ether oxygens (including phenoxy) is 3. The van der Waals surface area contributed by atoms with Gasteiger partial charge in [-0.25, -0.2) is 0 Å². The lowest BCUT2D eigenvalue weighted by Gasteiger charge is -2.43. The molecular weight excluding hydrogens is 302 g/mol. The monoisotopic (exact) mass is 325 g/mol. The normalized spacial score (nSPS) is 30.9. The molecule has 1 aromatic carbocycles. The molecule has 1 aromatic rings. The van der Waals surface area contributed by atoms with E-state index in [-0.39, 0.29) is 12.5 Å². The second-order valence-electron chi connectivity index (χ2n) is 5.44. The number of aliphatic hydroxyl groups excluding tert-OH is 2. The molecule has 1 fully saturated rings. The molecule has 0 radical (unpaired) electrons. The van der Waals surface area contributed by atoms with Gasteiger partial charge in [-0.1, -0.05) is 30.3 Å². The first-order valence-electron chi connectivity index (χ1n) is 7.46. The molecule has 0 aromatic heterocycles. The maximum absolute atomic E-state index is 11.3. The zero-order valence-electron chi connectivity index (χ0n) is 13.2. The van der Waals surface area contributed by atoms with Crippen molar-refractivity contribution in [3.8, 4) is 0 Å². The standard InChI is InChI=1S/C16H23NO6/c1-10(19)17-13-15(21-2)14(12(8-18)23-16(13)20)22-9-11-6-4-3-5-7-11/h3-7,12-16,18,20H,8-9H2,1-2H3,(H,17,19)/t12-,13+,14+,15+,16-/m0/s1. The molecule has 128 valence electrons. The van der Waals surface area contributed by atoms with E-state index in [1.54, 1.807) is 0 Å². The summed E-state index contributed by atoms with van der Waals surface area (Å²) >= 11 is 0. The number of hydrogen-bond donors (Lipinski definition) is 3. The average molecular weight is 325 g/mol. The first-order chi connectivity index (χ1) is 11.1. The average Bonchev–Trinajstić information content (AvgIpc) is 2.55. The number of methoxy groups -OCH3 is 1. The summed E-state index contributed by atoms with van der Waals surface area (Å²) in [5.74, 6) is -0.316. The highest BCUT2D eigenvalue weighted by atomic mass is 16.6. The van der Waals surface area contributed by atoms with Crippen molar-refractivity contribution in [3.63, 3.8) is 0 Å². The minimum Gasteiger partial charge on any atom is -0.394 e. The number of rotatable bonds is 6. The molecule has 7 nitrogen and oxygen atoms in total. The summed E-state index contributed by atoms with van der Waals surface area (Å²) < 4.78 is 16.6. The molecule has 0 aliphatic carbocycles. The molecule has 5 atom stereocenters. The Labute approximate surface area is 135 Å². The van der Waals surface area contributed by atoms with Gasteiger partial charge in [-0.05, 0) is 5.56 Å². The van der Waals surface area contributed by atoms with Crippen LogP contribution in [0.1, 0.15) is 12.5 Å². The molecule has 7 heteroatoms. The summed E-state index contributed by atoms with van der Waals surface area (Å²) in [6.07, 6.45) is -3.31. The van der Waals surface area contributed by atoms with Crippen LogP contribution in [0, 0.1) is 0 Å². The Balaban J connectivity index is 2.12. The number of carbonyl (C=O) groups excluding carboxylic acids is 1. The largest absolute Gasteiger partial charge is 0.394 e. The van der Waals surface area contributed by atoms with Crippen molar-refractivity contribution >= 4 is 5.91 Å². The molecule has 0 spiro atoms. The van der Waals surface area contributed by atoms with Gasteiger partial charge < -0.3 is 29.7 Å². The van der Waals surface area contributed by atoms with Crippen LogP contribution >= 0.6 is 0 Å². The van der Waals surface area contributed by atoms with Gasteiger partial charge in [-0.15, -0.1) is 0 Å². The SMILES string of the molecule is CO[C@@H]1[C@@H](NC(C)=O)[C@@H](O)O[C@@H](CO)[C@H]1OCc1ccccc1. The van der Waals surface area contributed by atoms with Gasteiger partial charge in [-0.2, -0.15) is 0 Å². The second kappa shape index (κ2) is 8.37. The topological polar surface area (TPSA) is 97.3 Å². The minimum atomic E-state index is -1.28. The lowest BCUT2D eigenvalue weighted by molar-refractivity contribution is -0.269. The van der Waals surface area contributed by atoms with Crippen LogP contribution < -0.4 is 5.32 Å². The van der Waals surface area contributed by atoms with Gasteiger partial charge in [-0.3, -0.25) is 4.79 Å². The van der Waals surface area contributed by atoms with Gasteiger partial charge in [0.15, 0.2) is 6.29 Å². The lowest BCUT2D eigenvalue weighted by Crippen LogP contribution is -2.65. The molecule has 1 saturated heterocycles. The van der Waals surface area contributed by atoms with Crippen LogP contribution in [-0.4, -0.2) is 60.5 Å². The summed E-state index contributed by atoms with van der Waals surface area (Å²) in [5.41, 5.74) is 0.959. The summed E-state index contributed by atoms with van der Waals surface area (Å²) in [4.78, 5) is 11.3.